The summed E-state index contributed by atoms with van der Waals surface area (Å²) in [5, 5.41) is 2.28. The Morgan fingerprint density at radius 3 is 1.58 bits per heavy atom. The Balaban J connectivity index is 0. The van der Waals surface area contributed by atoms with Crippen molar-refractivity contribution in [1.29, 1.82) is 3.91 Å². The van der Waals surface area contributed by atoms with Gasteiger partial charge in [0, 0.05) is 60.9 Å². The van der Waals surface area contributed by atoms with E-state index >= 15 is 0 Å². The number of hydrogen-bond donors (Lipinski definition) is 1. The zero-order valence-electron chi connectivity index (χ0n) is 14.9. The molecule has 3 nitrogen and oxygen atoms in total. The SMILES string of the molecule is CC(C)(C)[CH]=[Mo+2]=[NH].[Ar].[CH3-].[CH3-].c1cnc2c(c1)ccc1cccnc12. The molecular formula is C19H25ArMoN3. The third-order valence-electron chi connectivity index (χ3n) is 2.76. The Morgan fingerprint density at radius 2 is 1.29 bits per heavy atom. The van der Waals surface area contributed by atoms with Crippen molar-refractivity contribution in [3.63, 3.8) is 0 Å². The van der Waals surface area contributed by atoms with Crippen LogP contribution >= 0.6 is 0 Å². The first kappa shape index (κ1) is 25.9. The summed E-state index contributed by atoms with van der Waals surface area (Å²) in [6.07, 6.45) is 3.60. The summed E-state index contributed by atoms with van der Waals surface area (Å²) in [5.74, 6) is 0. The normalized spacial score (nSPS) is 9.29. The number of pyridine rings is 2. The van der Waals surface area contributed by atoms with Gasteiger partial charge in [-0.15, -0.1) is 0 Å². The number of aromatic nitrogens is 2. The predicted molar refractivity (Wildman–Crippen MR) is 98.1 cm³/mol. The number of nitrogens with zero attached hydrogens (tertiary/aromatic N) is 2. The second-order valence-electron chi connectivity index (χ2n) is 5.82. The van der Waals surface area contributed by atoms with Crippen LogP contribution in [0.25, 0.3) is 21.8 Å². The zero-order valence-corrected chi connectivity index (χ0v) is 17.6. The van der Waals surface area contributed by atoms with E-state index in [1.54, 1.807) is 12.4 Å². The molecule has 2 aromatic heterocycles. The third kappa shape index (κ3) is 7.69. The number of nitrogens with one attached hydrogen (secondary N) is 1. The van der Waals surface area contributed by atoms with E-state index in [0.29, 0.717) is 5.41 Å². The summed E-state index contributed by atoms with van der Waals surface area (Å²) < 4.78 is 9.04. The minimum atomic E-state index is -0.501. The molecule has 3 rings (SSSR count). The number of benzene rings is 1. The van der Waals surface area contributed by atoms with E-state index < -0.39 is 17.9 Å². The summed E-state index contributed by atoms with van der Waals surface area (Å²) in [6.45, 7) is 6.39. The average molecular weight is 431 g/mol. The number of hydrogen-bond acceptors (Lipinski definition) is 3. The maximum absolute atomic E-state index is 6.93. The fraction of sp³-hybridized carbons (Fsp3) is 0.211. The van der Waals surface area contributed by atoms with Crippen molar-refractivity contribution >= 4 is 26.2 Å². The Bertz CT molecular complexity index is 751. The fourth-order valence-corrected chi connectivity index (χ4v) is 2.73. The molecule has 1 N–H and O–H groups in total. The molecule has 130 valence electrons. The molecule has 0 atom stereocenters. The van der Waals surface area contributed by atoms with Gasteiger partial charge in [0.25, 0.3) is 0 Å². The van der Waals surface area contributed by atoms with Gasteiger partial charge in [-0.3, -0.25) is 9.97 Å². The van der Waals surface area contributed by atoms with Crippen LogP contribution in [-0.2, 0) is 17.9 Å². The molecular weight excluding hydrogens is 406 g/mol. The Labute approximate surface area is 184 Å². The quantitative estimate of drug-likeness (QED) is 0.296. The van der Waals surface area contributed by atoms with Crippen molar-refractivity contribution < 1.29 is 55.7 Å². The molecule has 0 fully saturated rings. The number of fused-ring (bicyclic) bond motifs is 3. The van der Waals surface area contributed by atoms with Gasteiger partial charge >= 0.3 is 52.4 Å². The van der Waals surface area contributed by atoms with Crippen LogP contribution in [0.1, 0.15) is 20.8 Å². The van der Waals surface area contributed by atoms with Crippen LogP contribution in [-0.4, -0.2) is 14.4 Å². The Morgan fingerprint density at radius 1 is 0.875 bits per heavy atom. The van der Waals surface area contributed by atoms with Crippen LogP contribution in [0, 0.1) is 61.9 Å². The predicted octanol–water partition coefficient (Wildman–Crippen LogP) is 5.36. The van der Waals surface area contributed by atoms with Gasteiger partial charge in [-0.25, -0.2) is 0 Å². The van der Waals surface area contributed by atoms with Crippen LogP contribution in [0.5, 0.6) is 0 Å². The van der Waals surface area contributed by atoms with Crippen LogP contribution < -0.4 is 0 Å². The molecule has 0 aliphatic carbocycles. The molecule has 0 saturated heterocycles. The van der Waals surface area contributed by atoms with Crippen LogP contribution in [0.15, 0.2) is 48.8 Å². The summed E-state index contributed by atoms with van der Waals surface area (Å²) in [4.78, 5) is 8.69. The van der Waals surface area contributed by atoms with E-state index in [9.17, 15) is 0 Å². The zero-order chi connectivity index (χ0) is 15.3. The van der Waals surface area contributed by atoms with Crippen molar-refractivity contribution in [3.8, 4) is 0 Å². The molecule has 0 saturated carbocycles. The van der Waals surface area contributed by atoms with Gasteiger partial charge in [-0.2, -0.15) is 0 Å². The van der Waals surface area contributed by atoms with E-state index in [1.165, 1.54) is 0 Å². The van der Waals surface area contributed by atoms with Crippen molar-refractivity contribution in [3.05, 3.63) is 63.6 Å². The summed E-state index contributed by atoms with van der Waals surface area (Å²) in [7, 11) is 0. The molecule has 0 amide bonds. The van der Waals surface area contributed by atoms with E-state index in [1.807, 2.05) is 12.1 Å². The van der Waals surface area contributed by atoms with Crippen molar-refractivity contribution in [1.82, 2.24) is 9.97 Å². The van der Waals surface area contributed by atoms with E-state index in [-0.39, 0.29) is 52.6 Å². The second-order valence-corrected chi connectivity index (χ2v) is 6.98. The van der Waals surface area contributed by atoms with Crippen LogP contribution in [0.3, 0.4) is 0 Å². The maximum Gasteiger partial charge on any atom is 0.0964 e. The largest absolute Gasteiger partial charge is 0.358 e. The standard InChI is InChI=1S/C12H8N2.C5H10.2CH3.Ar.Mo.HN/c1-3-9-5-6-10-4-2-8-14-12(10)11(9)13-7-1;1-5(2,3)4;;;;;/h1-8H;1H,2-4H3;2*1H3;;;1H/q;;2*-1;;+2;. The molecule has 5 heteroatoms. The summed E-state index contributed by atoms with van der Waals surface area (Å²) in [6, 6.07) is 12.1. The van der Waals surface area contributed by atoms with E-state index in [0.717, 1.165) is 21.8 Å². The first-order valence-electron chi connectivity index (χ1n) is 6.76. The van der Waals surface area contributed by atoms with Crippen LogP contribution in [0.2, 0.25) is 0 Å². The van der Waals surface area contributed by atoms with Crippen molar-refractivity contribution in [2.45, 2.75) is 20.8 Å². The van der Waals surface area contributed by atoms with Gasteiger partial charge in [0.2, 0.25) is 0 Å². The molecule has 0 bridgehead atoms. The first-order valence-corrected chi connectivity index (χ1v) is 8.93. The smallest absolute Gasteiger partial charge is 0.0964 e. The molecule has 1 aromatic carbocycles. The van der Waals surface area contributed by atoms with Gasteiger partial charge in [0.05, 0.1) is 11.0 Å². The summed E-state index contributed by atoms with van der Waals surface area (Å²) >= 11 is -0.501. The van der Waals surface area contributed by atoms with Gasteiger partial charge in [0.1, 0.15) is 0 Å². The summed E-state index contributed by atoms with van der Waals surface area (Å²) in [5.41, 5.74) is 2.25. The average Bonchev–Trinajstić information content (AvgIpc) is 2.46. The van der Waals surface area contributed by atoms with E-state index in [2.05, 4.69) is 59.4 Å². The molecule has 2 heterocycles. The van der Waals surface area contributed by atoms with Crippen LogP contribution in [0.4, 0.5) is 0 Å². The molecule has 0 spiro atoms. The van der Waals surface area contributed by atoms with Gasteiger partial charge in [-0.05, 0) is 12.1 Å². The fourth-order valence-electron chi connectivity index (χ4n) is 1.86. The second kappa shape index (κ2) is 12.1. The minimum Gasteiger partial charge on any atom is -0.358 e. The molecule has 0 radical (unpaired) electrons. The van der Waals surface area contributed by atoms with E-state index in [4.69, 9.17) is 3.91 Å². The first-order chi connectivity index (χ1) is 10.0. The molecule has 0 unspecified atom stereocenters. The van der Waals surface area contributed by atoms with Gasteiger partial charge in [-0.1, -0.05) is 24.3 Å². The van der Waals surface area contributed by atoms with Crippen molar-refractivity contribution in [2.24, 2.45) is 5.41 Å². The Hall–Kier alpha value is -0.342. The molecule has 24 heavy (non-hydrogen) atoms. The van der Waals surface area contributed by atoms with Gasteiger partial charge < -0.3 is 14.9 Å². The number of rotatable bonds is 0. The molecule has 0 aliphatic rings. The molecule has 3 aromatic rings. The molecule has 0 aliphatic heterocycles. The maximum atomic E-state index is 6.93. The van der Waals surface area contributed by atoms with Crippen molar-refractivity contribution in [2.75, 3.05) is 0 Å². The third-order valence-corrected chi connectivity index (χ3v) is 4.78. The Kier molecular flexibility index (Phi) is 13.0. The monoisotopic (exact) mass is 433 g/mol. The minimum absolute atomic E-state index is 0. The topological polar surface area (TPSA) is 49.6 Å². The van der Waals surface area contributed by atoms with Gasteiger partial charge in [0.15, 0.2) is 0 Å².